The lowest BCUT2D eigenvalue weighted by Crippen LogP contribution is -2.59. The van der Waals surface area contributed by atoms with Crippen LogP contribution in [0, 0.1) is 5.92 Å². The largest absolute Gasteiger partial charge is 0.468 e. The molecule has 1 saturated carbocycles. The summed E-state index contributed by atoms with van der Waals surface area (Å²) in [6.45, 7) is 3.48. The SMILES string of the molecule is COC(=O)C(C)(N)CN1CCC[C@H]2CCCC[C@H]21. The van der Waals surface area contributed by atoms with Crippen molar-refractivity contribution < 1.29 is 9.53 Å². The number of rotatable bonds is 3. The van der Waals surface area contributed by atoms with Gasteiger partial charge in [-0.15, -0.1) is 0 Å². The van der Waals surface area contributed by atoms with E-state index in [1.807, 2.05) is 0 Å². The number of nitrogens with two attached hydrogens (primary N) is 1. The third-order valence-electron chi connectivity index (χ3n) is 4.54. The number of piperidine rings is 1. The van der Waals surface area contributed by atoms with Gasteiger partial charge in [0.25, 0.3) is 0 Å². The highest BCUT2D eigenvalue weighted by atomic mass is 16.5. The summed E-state index contributed by atoms with van der Waals surface area (Å²) in [5.41, 5.74) is 5.23. The molecule has 3 atom stereocenters. The van der Waals surface area contributed by atoms with E-state index in [1.54, 1.807) is 6.92 Å². The van der Waals surface area contributed by atoms with E-state index in [0.717, 1.165) is 12.5 Å². The molecule has 1 aliphatic heterocycles. The van der Waals surface area contributed by atoms with E-state index in [1.165, 1.54) is 45.6 Å². The van der Waals surface area contributed by atoms with Gasteiger partial charge in [-0.25, -0.2) is 0 Å². The zero-order chi connectivity index (χ0) is 13.2. The lowest BCUT2D eigenvalue weighted by atomic mass is 9.78. The molecular formula is C14H26N2O2. The Morgan fingerprint density at radius 1 is 1.33 bits per heavy atom. The van der Waals surface area contributed by atoms with Crippen LogP contribution in [0.3, 0.4) is 0 Å². The number of nitrogens with zero attached hydrogens (tertiary/aromatic N) is 1. The highest BCUT2D eigenvalue weighted by Gasteiger charge is 2.38. The van der Waals surface area contributed by atoms with Gasteiger partial charge in [0.15, 0.2) is 0 Å². The van der Waals surface area contributed by atoms with Crippen molar-refractivity contribution in [3.05, 3.63) is 0 Å². The molecule has 0 bridgehead atoms. The lowest BCUT2D eigenvalue weighted by Gasteiger charge is -2.46. The van der Waals surface area contributed by atoms with Crippen LogP contribution in [-0.2, 0) is 9.53 Å². The third kappa shape index (κ3) is 2.86. The van der Waals surface area contributed by atoms with Crippen molar-refractivity contribution in [2.24, 2.45) is 11.7 Å². The molecule has 2 N–H and O–H groups in total. The summed E-state index contributed by atoms with van der Waals surface area (Å²) in [6, 6.07) is 0.639. The highest BCUT2D eigenvalue weighted by molar-refractivity contribution is 5.80. The number of likely N-dealkylation sites (tertiary alicyclic amines) is 1. The number of hydrogen-bond donors (Lipinski definition) is 1. The second-order valence-electron chi connectivity index (χ2n) is 6.13. The zero-order valence-electron chi connectivity index (χ0n) is 11.7. The second kappa shape index (κ2) is 5.57. The van der Waals surface area contributed by atoms with E-state index < -0.39 is 5.54 Å². The van der Waals surface area contributed by atoms with Gasteiger partial charge in [-0.1, -0.05) is 12.8 Å². The standard InChI is InChI=1S/C14H26N2O2/c1-14(15,13(17)18-2)10-16-9-5-7-11-6-3-4-8-12(11)16/h11-12H,3-10,15H2,1-2H3/t11-,12-,14?/m1/s1. The maximum atomic E-state index is 11.7. The van der Waals surface area contributed by atoms with Crippen LogP contribution in [0.25, 0.3) is 0 Å². The van der Waals surface area contributed by atoms with Gasteiger partial charge in [0, 0.05) is 12.6 Å². The molecular weight excluding hydrogens is 228 g/mol. The van der Waals surface area contributed by atoms with Crippen molar-refractivity contribution in [2.75, 3.05) is 20.2 Å². The molecule has 18 heavy (non-hydrogen) atoms. The number of fused-ring (bicyclic) bond motifs is 1. The van der Waals surface area contributed by atoms with Gasteiger partial charge in [-0.3, -0.25) is 9.69 Å². The second-order valence-corrected chi connectivity index (χ2v) is 6.13. The van der Waals surface area contributed by atoms with E-state index in [9.17, 15) is 4.79 Å². The van der Waals surface area contributed by atoms with Gasteiger partial charge in [-0.05, 0) is 45.1 Å². The molecule has 2 fully saturated rings. The fourth-order valence-corrected chi connectivity index (χ4v) is 3.64. The Morgan fingerprint density at radius 3 is 2.72 bits per heavy atom. The average Bonchev–Trinajstić information content (AvgIpc) is 2.38. The Bertz CT molecular complexity index is 302. The van der Waals surface area contributed by atoms with E-state index in [0.29, 0.717) is 12.6 Å². The van der Waals surface area contributed by atoms with Crippen LogP contribution in [0.1, 0.15) is 45.4 Å². The maximum absolute atomic E-state index is 11.7. The smallest absolute Gasteiger partial charge is 0.326 e. The first-order valence-corrected chi connectivity index (χ1v) is 7.16. The zero-order valence-corrected chi connectivity index (χ0v) is 11.7. The summed E-state index contributed by atoms with van der Waals surface area (Å²) in [6.07, 6.45) is 7.88. The molecule has 1 unspecified atom stereocenters. The minimum Gasteiger partial charge on any atom is -0.468 e. The molecule has 4 heteroatoms. The summed E-state index contributed by atoms with van der Waals surface area (Å²) in [5.74, 6) is 0.515. The Hall–Kier alpha value is -0.610. The first-order valence-electron chi connectivity index (χ1n) is 7.16. The predicted octanol–water partition coefficient (Wildman–Crippen LogP) is 1.53. The first kappa shape index (κ1) is 13.8. The summed E-state index contributed by atoms with van der Waals surface area (Å²) in [7, 11) is 1.41. The van der Waals surface area contributed by atoms with Crippen molar-refractivity contribution in [2.45, 2.75) is 57.0 Å². The minimum atomic E-state index is -0.881. The fourth-order valence-electron chi connectivity index (χ4n) is 3.64. The Labute approximate surface area is 110 Å². The van der Waals surface area contributed by atoms with Gasteiger partial charge < -0.3 is 10.5 Å². The molecule has 104 valence electrons. The molecule has 0 aromatic rings. The van der Waals surface area contributed by atoms with Crippen LogP contribution in [-0.4, -0.2) is 42.6 Å². The van der Waals surface area contributed by atoms with Crippen molar-refractivity contribution in [3.8, 4) is 0 Å². The molecule has 0 aromatic carbocycles. The monoisotopic (exact) mass is 254 g/mol. The molecule has 0 aromatic heterocycles. The van der Waals surface area contributed by atoms with Gasteiger partial charge in [0.2, 0.25) is 0 Å². The van der Waals surface area contributed by atoms with Crippen molar-refractivity contribution in [3.63, 3.8) is 0 Å². The molecule has 2 rings (SSSR count). The first-order chi connectivity index (χ1) is 8.54. The van der Waals surface area contributed by atoms with E-state index in [4.69, 9.17) is 10.5 Å². The summed E-state index contributed by atoms with van der Waals surface area (Å²) >= 11 is 0. The fraction of sp³-hybridized carbons (Fsp3) is 0.929. The van der Waals surface area contributed by atoms with Crippen LogP contribution >= 0.6 is 0 Å². The molecule has 1 saturated heterocycles. The number of methoxy groups -OCH3 is 1. The van der Waals surface area contributed by atoms with E-state index >= 15 is 0 Å². The molecule has 0 spiro atoms. The lowest BCUT2D eigenvalue weighted by molar-refractivity contribution is -0.147. The number of esters is 1. The van der Waals surface area contributed by atoms with Gasteiger partial charge in [-0.2, -0.15) is 0 Å². The molecule has 0 amide bonds. The third-order valence-corrected chi connectivity index (χ3v) is 4.54. The van der Waals surface area contributed by atoms with Crippen LogP contribution in [0.2, 0.25) is 0 Å². The Morgan fingerprint density at radius 2 is 2.00 bits per heavy atom. The van der Waals surface area contributed by atoms with E-state index in [-0.39, 0.29) is 5.97 Å². The quantitative estimate of drug-likeness (QED) is 0.776. The van der Waals surface area contributed by atoms with E-state index in [2.05, 4.69) is 4.90 Å². The van der Waals surface area contributed by atoms with Crippen LogP contribution in [0.15, 0.2) is 0 Å². The van der Waals surface area contributed by atoms with Crippen LogP contribution in [0.5, 0.6) is 0 Å². The molecule has 0 radical (unpaired) electrons. The summed E-state index contributed by atoms with van der Waals surface area (Å²) in [5, 5.41) is 0. The number of hydrogen-bond acceptors (Lipinski definition) is 4. The maximum Gasteiger partial charge on any atom is 0.326 e. The minimum absolute atomic E-state index is 0.305. The van der Waals surface area contributed by atoms with Crippen molar-refractivity contribution in [1.29, 1.82) is 0 Å². The van der Waals surface area contributed by atoms with Gasteiger partial charge >= 0.3 is 5.97 Å². The predicted molar refractivity (Wildman–Crippen MR) is 71.2 cm³/mol. The van der Waals surface area contributed by atoms with Crippen molar-refractivity contribution in [1.82, 2.24) is 4.90 Å². The average molecular weight is 254 g/mol. The summed E-state index contributed by atoms with van der Waals surface area (Å²) in [4.78, 5) is 14.1. The molecule has 2 aliphatic rings. The van der Waals surface area contributed by atoms with Crippen LogP contribution < -0.4 is 5.73 Å². The van der Waals surface area contributed by atoms with Crippen LogP contribution in [0.4, 0.5) is 0 Å². The summed E-state index contributed by atoms with van der Waals surface area (Å²) < 4.78 is 4.80. The number of carbonyl (C=O) groups excluding carboxylic acids is 1. The number of ether oxygens (including phenoxy) is 1. The normalized spacial score (nSPS) is 32.4. The van der Waals surface area contributed by atoms with Crippen molar-refractivity contribution >= 4 is 5.97 Å². The Kier molecular flexibility index (Phi) is 4.28. The molecule has 1 aliphatic carbocycles. The Balaban J connectivity index is 2.01. The topological polar surface area (TPSA) is 55.6 Å². The number of carbonyl (C=O) groups is 1. The van der Waals surface area contributed by atoms with Gasteiger partial charge in [0.05, 0.1) is 7.11 Å². The molecule has 1 heterocycles. The molecule has 4 nitrogen and oxygen atoms in total. The highest BCUT2D eigenvalue weighted by Crippen LogP contribution is 2.35. The van der Waals surface area contributed by atoms with Gasteiger partial charge in [0.1, 0.15) is 5.54 Å².